The maximum Gasteiger partial charge on any atom is 0.417 e. The molecule has 0 spiro atoms. The summed E-state index contributed by atoms with van der Waals surface area (Å²) in [5.74, 6) is 0. The van der Waals surface area contributed by atoms with Crippen LogP contribution in [0.3, 0.4) is 0 Å². The highest BCUT2D eigenvalue weighted by Crippen LogP contribution is 2.51. The van der Waals surface area contributed by atoms with E-state index in [0.29, 0.717) is 54.6 Å². The number of fused-ring (bicyclic) bond motifs is 6. The van der Waals surface area contributed by atoms with Crippen LogP contribution in [0, 0.1) is 22.7 Å². The summed E-state index contributed by atoms with van der Waals surface area (Å²) in [6.07, 6.45) is -48.7. The van der Waals surface area contributed by atoms with Crippen molar-refractivity contribution in [3.63, 3.8) is 0 Å². The van der Waals surface area contributed by atoms with Crippen LogP contribution in [-0.2, 0) is 55.6 Å². The van der Waals surface area contributed by atoms with Gasteiger partial charge in [0.25, 0.3) is 0 Å². The summed E-state index contributed by atoms with van der Waals surface area (Å²) in [6.45, 7) is 0. The maximum atomic E-state index is 15.7. The number of aromatic nitrogens is 2. The molecule has 2 heterocycles. The molecule has 0 N–H and O–H groups in total. The van der Waals surface area contributed by atoms with Gasteiger partial charge in [0.05, 0.1) is 101 Å². The van der Waals surface area contributed by atoms with E-state index in [2.05, 4.69) is 0 Å². The summed E-state index contributed by atoms with van der Waals surface area (Å²) in [5.41, 5.74) is -24.4. The largest absolute Gasteiger partial charge is 0.417 e. The Labute approximate surface area is 587 Å². The molecule has 0 fully saturated rings. The summed E-state index contributed by atoms with van der Waals surface area (Å²) in [6, 6.07) is 27.2. The molecule has 4 nitrogen and oxygen atoms in total. The Morgan fingerprint density at radius 2 is 0.491 bits per heavy atom. The minimum atomic E-state index is -5.42. The van der Waals surface area contributed by atoms with Gasteiger partial charge in [-0.2, -0.15) is 129 Å². The van der Waals surface area contributed by atoms with E-state index < -0.39 is 167 Å². The Morgan fingerprint density at radius 1 is 0.213 bits per heavy atom. The van der Waals surface area contributed by atoms with Crippen molar-refractivity contribution in [2.75, 3.05) is 0 Å². The molecule has 31 heteroatoms. The molecule has 13 rings (SSSR count). The Bertz CT molecular complexity index is 5550. The van der Waals surface area contributed by atoms with Crippen LogP contribution in [0.4, 0.5) is 119 Å². The molecule has 0 saturated heterocycles. The molecule has 0 saturated carbocycles. The Kier molecular flexibility index (Phi) is 17.5. The third kappa shape index (κ3) is 14.0. The van der Waals surface area contributed by atoms with Crippen molar-refractivity contribution >= 4 is 43.6 Å². The lowest BCUT2D eigenvalue weighted by Gasteiger charge is -2.21. The normalized spacial score (nSPS) is 13.1. The van der Waals surface area contributed by atoms with Crippen LogP contribution in [0.2, 0.25) is 0 Å². The highest BCUT2D eigenvalue weighted by molar-refractivity contribution is 6.14. The summed E-state index contributed by atoms with van der Waals surface area (Å²) >= 11 is 0. The average molecular weight is 1530 g/mol. The van der Waals surface area contributed by atoms with Gasteiger partial charge in [0.15, 0.2) is 0 Å². The maximum absolute atomic E-state index is 15.7. The fourth-order valence-electron chi connectivity index (χ4n) is 13.0. The van der Waals surface area contributed by atoms with Crippen LogP contribution >= 0.6 is 0 Å². The van der Waals surface area contributed by atoms with E-state index in [1.807, 2.05) is 6.07 Å². The average Bonchev–Trinajstić information content (AvgIpc) is 1.54. The van der Waals surface area contributed by atoms with Crippen molar-refractivity contribution in [2.24, 2.45) is 0 Å². The zero-order chi connectivity index (χ0) is 78.5. The molecule has 0 aliphatic rings. The Hall–Kier alpha value is -11.9. The number of benzene rings is 11. The van der Waals surface area contributed by atoms with Crippen molar-refractivity contribution in [3.8, 4) is 90.3 Å². The van der Waals surface area contributed by atoms with Gasteiger partial charge in [-0.25, -0.2) is 0 Å². The minimum absolute atomic E-state index is 0.145. The summed E-state index contributed by atoms with van der Waals surface area (Å²) in [4.78, 5) is 0. The van der Waals surface area contributed by atoms with Gasteiger partial charge in [0.1, 0.15) is 0 Å². The van der Waals surface area contributed by atoms with Gasteiger partial charge >= 0.3 is 55.6 Å². The molecule has 0 radical (unpaired) electrons. The lowest BCUT2D eigenvalue weighted by atomic mass is 9.89. The SMILES string of the molecule is N#Cc1ccc(-n2c3ccc(-c4cc(C(F)(F)F)cc(C(F)(F)F)c4)cc3c3cc(-c4cc(C(F)(F)F)cc(C(F)(F)F)c4)ccc32)c(-c2cc(-n3c4ccc(-c5cc(C(F)(F)F)cc(C(F)(F)F)c5)cc4c4cc(-c5cc(C(F)(F)F)cc(C(F)(F)F)c5)ccc43)ccc2-c2ccc(C#N)cc2C(F)(F)F)c1. The molecule has 108 heavy (non-hydrogen) atoms. The first kappa shape index (κ1) is 74.4. The molecule has 0 aliphatic heterocycles. The molecule has 13 aromatic rings. The van der Waals surface area contributed by atoms with E-state index in [-0.39, 0.29) is 95.9 Å². The summed E-state index contributed by atoms with van der Waals surface area (Å²) in [5, 5.41) is 19.6. The number of nitrogens with zero attached hydrogens (tertiary/aromatic N) is 4. The summed E-state index contributed by atoms with van der Waals surface area (Å²) in [7, 11) is 0. The van der Waals surface area contributed by atoms with Crippen LogP contribution in [-0.4, -0.2) is 9.13 Å². The minimum Gasteiger partial charge on any atom is -0.309 e. The molecule has 0 bridgehead atoms. The summed E-state index contributed by atoms with van der Waals surface area (Å²) < 4.78 is 396. The second-order valence-corrected chi connectivity index (χ2v) is 24.7. The first-order valence-electron chi connectivity index (χ1n) is 30.7. The fraction of sp³-hybridized carbons (Fsp3) is 0.117. The van der Waals surface area contributed by atoms with Crippen molar-refractivity contribution in [1.82, 2.24) is 9.13 Å². The van der Waals surface area contributed by atoms with Gasteiger partial charge in [-0.3, -0.25) is 0 Å². The first-order chi connectivity index (χ1) is 50.1. The van der Waals surface area contributed by atoms with Gasteiger partial charge in [0.2, 0.25) is 0 Å². The lowest BCUT2D eigenvalue weighted by Crippen LogP contribution is -2.11. The number of alkyl halides is 27. The first-order valence-corrected chi connectivity index (χ1v) is 30.7. The van der Waals surface area contributed by atoms with E-state index in [1.165, 1.54) is 15.2 Å². The second-order valence-electron chi connectivity index (χ2n) is 24.7. The fourth-order valence-corrected chi connectivity index (χ4v) is 13.0. The predicted molar refractivity (Wildman–Crippen MR) is 342 cm³/mol. The van der Waals surface area contributed by atoms with Crippen molar-refractivity contribution in [3.05, 3.63) is 261 Å². The van der Waals surface area contributed by atoms with Gasteiger partial charge in [-0.15, -0.1) is 0 Å². The van der Waals surface area contributed by atoms with E-state index in [4.69, 9.17) is 0 Å². The smallest absolute Gasteiger partial charge is 0.309 e. The molecule has 0 aliphatic carbocycles. The van der Waals surface area contributed by atoms with Gasteiger partial charge in [-0.1, -0.05) is 36.4 Å². The number of hydrogen-bond donors (Lipinski definition) is 0. The highest BCUT2D eigenvalue weighted by Gasteiger charge is 2.43. The number of rotatable bonds is 8. The van der Waals surface area contributed by atoms with Crippen LogP contribution in [0.1, 0.15) is 61.2 Å². The molecule has 0 atom stereocenters. The zero-order valence-corrected chi connectivity index (χ0v) is 53.0. The van der Waals surface area contributed by atoms with Crippen molar-refractivity contribution < 1.29 is 119 Å². The van der Waals surface area contributed by atoms with Crippen molar-refractivity contribution in [1.29, 1.82) is 10.5 Å². The second kappa shape index (κ2) is 25.4. The lowest BCUT2D eigenvalue weighted by molar-refractivity contribution is -0.144. The third-order valence-electron chi connectivity index (χ3n) is 17.9. The van der Waals surface area contributed by atoms with Crippen LogP contribution in [0.15, 0.2) is 200 Å². The topological polar surface area (TPSA) is 57.4 Å². The van der Waals surface area contributed by atoms with Crippen LogP contribution in [0.25, 0.3) is 122 Å². The van der Waals surface area contributed by atoms with Gasteiger partial charge in [-0.05, 0) is 225 Å². The Morgan fingerprint density at radius 3 is 0.778 bits per heavy atom. The zero-order valence-electron chi connectivity index (χ0n) is 53.0. The van der Waals surface area contributed by atoms with Gasteiger partial charge < -0.3 is 9.13 Å². The van der Waals surface area contributed by atoms with E-state index in [1.54, 1.807) is 6.07 Å². The van der Waals surface area contributed by atoms with E-state index >= 15 is 13.2 Å². The molecular formula is C77H33F27N4. The van der Waals surface area contributed by atoms with E-state index in [0.717, 1.165) is 115 Å². The number of hydrogen-bond acceptors (Lipinski definition) is 2. The molecular weight excluding hydrogens is 1490 g/mol. The third-order valence-corrected chi connectivity index (χ3v) is 17.9. The van der Waals surface area contributed by atoms with Crippen LogP contribution < -0.4 is 0 Å². The molecule has 0 amide bonds. The molecule has 0 unspecified atom stereocenters. The van der Waals surface area contributed by atoms with Gasteiger partial charge in [0, 0.05) is 32.8 Å². The molecule has 11 aromatic carbocycles. The standard InChI is InChI=1S/C77H33F27N4/c78-69(79,80)46-17-42(18-47(29-46)70(81,82)83)38-3-11-64-59(25-38)60-26-39(43-19-48(71(84,85)86)30-49(20-43)72(87,88)89)4-12-65(60)107(64)54-7-9-55(56-8-1-37(35-106)16-63(56)77(102,103)104)57(33-54)58-15-36(34-105)2-10-66(58)108-67-13-5-40(44-21-50(73(90,91)92)31-51(22-44)74(93,94)95)27-61(67)62-28-41(6-14-68(62)108)45-23-52(75(96,97)98)32-53(24-45)76(99,100)101/h1-33H. The number of halogens is 27. The molecule has 550 valence electrons. The van der Waals surface area contributed by atoms with E-state index in [9.17, 15) is 116 Å². The Balaban J connectivity index is 1.14. The highest BCUT2D eigenvalue weighted by atomic mass is 19.4. The quantitative estimate of drug-likeness (QED) is 0.142. The molecule has 2 aromatic heterocycles. The van der Waals surface area contributed by atoms with Crippen LogP contribution in [0.5, 0.6) is 0 Å². The number of nitriles is 2. The predicted octanol–water partition coefficient (Wildman–Crippen LogP) is 26.8. The van der Waals surface area contributed by atoms with Crippen molar-refractivity contribution in [2.45, 2.75) is 55.6 Å². The monoisotopic (exact) mass is 1530 g/mol.